The number of amides is 1. The number of nitrogens with two attached hydrogens (primary N) is 1. The first kappa shape index (κ1) is 14.5. The van der Waals surface area contributed by atoms with Crippen LogP contribution in [0.25, 0.3) is 0 Å². The standard InChI is InChI=1S/C14H17BrN2OS/c1-14(13(16)19)6-8-17(9-7-14)12(18)10-4-2-3-5-11(10)15/h2-5H,6-9H2,1H3,(H2,16,19). The average molecular weight is 341 g/mol. The molecule has 0 aliphatic carbocycles. The molecule has 1 aromatic carbocycles. The molecule has 5 heteroatoms. The number of rotatable bonds is 2. The highest BCUT2D eigenvalue weighted by molar-refractivity contribution is 9.10. The third-order valence-electron chi connectivity index (χ3n) is 3.85. The van der Waals surface area contributed by atoms with Gasteiger partial charge in [0.1, 0.15) is 0 Å². The zero-order valence-electron chi connectivity index (χ0n) is 10.9. The van der Waals surface area contributed by atoms with E-state index >= 15 is 0 Å². The van der Waals surface area contributed by atoms with Crippen LogP contribution in [-0.4, -0.2) is 28.9 Å². The molecule has 2 rings (SSSR count). The molecule has 1 heterocycles. The van der Waals surface area contributed by atoms with Crippen LogP contribution < -0.4 is 5.73 Å². The molecule has 102 valence electrons. The first-order chi connectivity index (χ1) is 8.94. The van der Waals surface area contributed by atoms with Crippen molar-refractivity contribution < 1.29 is 4.79 Å². The van der Waals surface area contributed by atoms with Gasteiger partial charge in [-0.2, -0.15) is 0 Å². The molecule has 2 N–H and O–H groups in total. The largest absolute Gasteiger partial charge is 0.393 e. The molecule has 0 atom stereocenters. The molecule has 0 radical (unpaired) electrons. The van der Waals surface area contributed by atoms with E-state index in [9.17, 15) is 4.79 Å². The number of carbonyl (C=O) groups is 1. The van der Waals surface area contributed by atoms with Crippen LogP contribution in [0.15, 0.2) is 28.7 Å². The van der Waals surface area contributed by atoms with E-state index in [-0.39, 0.29) is 11.3 Å². The van der Waals surface area contributed by atoms with Crippen molar-refractivity contribution in [2.75, 3.05) is 13.1 Å². The van der Waals surface area contributed by atoms with E-state index in [4.69, 9.17) is 18.0 Å². The van der Waals surface area contributed by atoms with Gasteiger partial charge in [-0.15, -0.1) is 0 Å². The molecular formula is C14H17BrN2OS. The topological polar surface area (TPSA) is 46.3 Å². The molecule has 1 aliphatic heterocycles. The lowest BCUT2D eigenvalue weighted by Crippen LogP contribution is -2.46. The van der Waals surface area contributed by atoms with Crippen LogP contribution in [-0.2, 0) is 0 Å². The van der Waals surface area contributed by atoms with E-state index in [1.165, 1.54) is 0 Å². The smallest absolute Gasteiger partial charge is 0.254 e. The Bertz CT molecular complexity index is 510. The maximum Gasteiger partial charge on any atom is 0.254 e. The van der Waals surface area contributed by atoms with Gasteiger partial charge in [0.15, 0.2) is 0 Å². The monoisotopic (exact) mass is 340 g/mol. The number of thiocarbonyl (C=S) groups is 1. The van der Waals surface area contributed by atoms with Gasteiger partial charge >= 0.3 is 0 Å². The number of hydrogen-bond donors (Lipinski definition) is 1. The molecule has 0 spiro atoms. The Balaban J connectivity index is 2.08. The van der Waals surface area contributed by atoms with Crippen LogP contribution in [0.5, 0.6) is 0 Å². The molecule has 0 unspecified atom stereocenters. The van der Waals surface area contributed by atoms with Gasteiger partial charge < -0.3 is 10.6 Å². The summed E-state index contributed by atoms with van der Waals surface area (Å²) in [7, 11) is 0. The lowest BCUT2D eigenvalue weighted by Gasteiger charge is -2.38. The molecule has 0 bridgehead atoms. The summed E-state index contributed by atoms with van der Waals surface area (Å²) in [6.07, 6.45) is 1.66. The maximum atomic E-state index is 12.4. The summed E-state index contributed by atoms with van der Waals surface area (Å²) >= 11 is 8.54. The van der Waals surface area contributed by atoms with Crippen LogP contribution >= 0.6 is 28.1 Å². The van der Waals surface area contributed by atoms with Crippen molar-refractivity contribution in [3.8, 4) is 0 Å². The Morgan fingerprint density at radius 2 is 1.95 bits per heavy atom. The molecule has 0 aromatic heterocycles. The van der Waals surface area contributed by atoms with E-state index in [1.54, 1.807) is 0 Å². The van der Waals surface area contributed by atoms with Crippen LogP contribution in [0.3, 0.4) is 0 Å². The van der Waals surface area contributed by atoms with Gasteiger partial charge in [-0.05, 0) is 40.9 Å². The van der Waals surface area contributed by atoms with E-state index in [2.05, 4.69) is 22.9 Å². The number of carbonyl (C=O) groups excluding carboxylic acids is 1. The number of benzene rings is 1. The molecule has 1 saturated heterocycles. The predicted octanol–water partition coefficient (Wildman–Crippen LogP) is 2.98. The van der Waals surface area contributed by atoms with Gasteiger partial charge in [0, 0.05) is 23.0 Å². The average Bonchev–Trinajstić information content (AvgIpc) is 2.39. The zero-order chi connectivity index (χ0) is 14.0. The third kappa shape index (κ3) is 2.98. The van der Waals surface area contributed by atoms with Crippen molar-refractivity contribution in [1.29, 1.82) is 0 Å². The quantitative estimate of drug-likeness (QED) is 0.842. The Hall–Kier alpha value is -0.940. The fourth-order valence-corrected chi connectivity index (χ4v) is 2.91. The highest BCUT2D eigenvalue weighted by atomic mass is 79.9. The van der Waals surface area contributed by atoms with Crippen molar-refractivity contribution in [3.63, 3.8) is 0 Å². The van der Waals surface area contributed by atoms with Crippen molar-refractivity contribution in [1.82, 2.24) is 4.90 Å². The third-order valence-corrected chi connectivity index (χ3v) is 5.04. The molecule has 3 nitrogen and oxygen atoms in total. The lowest BCUT2D eigenvalue weighted by atomic mass is 9.80. The molecule has 1 fully saturated rings. The zero-order valence-corrected chi connectivity index (χ0v) is 13.3. The lowest BCUT2D eigenvalue weighted by molar-refractivity contribution is 0.0669. The van der Waals surface area contributed by atoms with Crippen molar-refractivity contribution in [2.45, 2.75) is 19.8 Å². The van der Waals surface area contributed by atoms with Crippen molar-refractivity contribution in [2.24, 2.45) is 11.1 Å². The Morgan fingerprint density at radius 3 is 2.47 bits per heavy atom. The summed E-state index contributed by atoms with van der Waals surface area (Å²) in [5.74, 6) is 0.0671. The Labute approximate surface area is 127 Å². The summed E-state index contributed by atoms with van der Waals surface area (Å²) < 4.78 is 0.836. The van der Waals surface area contributed by atoms with Crippen LogP contribution in [0, 0.1) is 5.41 Å². The van der Waals surface area contributed by atoms with E-state index in [0.29, 0.717) is 23.6 Å². The summed E-state index contributed by atoms with van der Waals surface area (Å²) in [6, 6.07) is 7.51. The summed E-state index contributed by atoms with van der Waals surface area (Å²) in [6.45, 7) is 3.48. The number of hydrogen-bond acceptors (Lipinski definition) is 2. The van der Waals surface area contributed by atoms with Crippen molar-refractivity contribution in [3.05, 3.63) is 34.3 Å². The van der Waals surface area contributed by atoms with Crippen molar-refractivity contribution >= 4 is 39.0 Å². The van der Waals surface area contributed by atoms with Gasteiger partial charge in [-0.25, -0.2) is 0 Å². The minimum absolute atomic E-state index is 0.0671. The normalized spacial score (nSPS) is 18.1. The first-order valence-electron chi connectivity index (χ1n) is 6.28. The number of halogens is 1. The number of piperidine rings is 1. The maximum absolute atomic E-state index is 12.4. The number of likely N-dealkylation sites (tertiary alicyclic amines) is 1. The van der Waals surface area contributed by atoms with Gasteiger partial charge in [-0.1, -0.05) is 31.3 Å². The SMILES string of the molecule is CC1(C(N)=S)CCN(C(=O)c2ccccc2Br)CC1. The fourth-order valence-electron chi connectivity index (χ4n) is 2.25. The van der Waals surface area contributed by atoms with Crippen LogP contribution in [0.4, 0.5) is 0 Å². The minimum Gasteiger partial charge on any atom is -0.393 e. The van der Waals surface area contributed by atoms with Gasteiger partial charge in [0.25, 0.3) is 5.91 Å². The first-order valence-corrected chi connectivity index (χ1v) is 7.48. The predicted molar refractivity (Wildman–Crippen MR) is 84.2 cm³/mol. The van der Waals surface area contributed by atoms with Crippen LogP contribution in [0.2, 0.25) is 0 Å². The number of nitrogens with zero attached hydrogens (tertiary/aromatic N) is 1. The van der Waals surface area contributed by atoms with E-state index in [1.807, 2.05) is 29.2 Å². The van der Waals surface area contributed by atoms with Gasteiger partial charge in [0.2, 0.25) is 0 Å². The van der Waals surface area contributed by atoms with E-state index in [0.717, 1.165) is 17.3 Å². The minimum atomic E-state index is -0.111. The summed E-state index contributed by atoms with van der Waals surface area (Å²) in [4.78, 5) is 14.9. The molecule has 0 saturated carbocycles. The highest BCUT2D eigenvalue weighted by Gasteiger charge is 2.34. The molecule has 1 aliphatic rings. The fraction of sp³-hybridized carbons (Fsp3) is 0.429. The second-order valence-electron chi connectivity index (χ2n) is 5.20. The molecule has 1 amide bonds. The molecule has 1 aromatic rings. The summed E-state index contributed by atoms with van der Waals surface area (Å²) in [5.41, 5.74) is 6.38. The molecular weight excluding hydrogens is 324 g/mol. The molecule has 19 heavy (non-hydrogen) atoms. The Morgan fingerprint density at radius 1 is 1.37 bits per heavy atom. The second kappa shape index (κ2) is 5.59. The van der Waals surface area contributed by atoms with Gasteiger partial charge in [-0.3, -0.25) is 4.79 Å². The van der Waals surface area contributed by atoms with Gasteiger partial charge in [0.05, 0.1) is 10.6 Å². The van der Waals surface area contributed by atoms with Crippen LogP contribution in [0.1, 0.15) is 30.1 Å². The highest BCUT2D eigenvalue weighted by Crippen LogP contribution is 2.32. The Kier molecular flexibility index (Phi) is 4.26. The van der Waals surface area contributed by atoms with E-state index < -0.39 is 0 Å². The second-order valence-corrected chi connectivity index (χ2v) is 6.49. The summed E-state index contributed by atoms with van der Waals surface area (Å²) in [5, 5.41) is 0.